The third-order valence-corrected chi connectivity index (χ3v) is 4.88. The molecule has 0 radical (unpaired) electrons. The van der Waals surface area contributed by atoms with Crippen LogP contribution < -0.4 is 5.32 Å². The Labute approximate surface area is 111 Å². The molecule has 3 atom stereocenters. The quantitative estimate of drug-likeness (QED) is 0.878. The SMILES string of the molecule is CNC(C(C)c1ccncc1)C1CCCC1(C)C. The standard InChI is InChI=1S/C16H26N2/c1-12(13-7-10-18-11-8-13)15(17-4)14-6-5-9-16(14,2)3/h7-8,10-12,14-15,17H,5-6,9H2,1-4H3. The van der Waals surface area contributed by atoms with Gasteiger partial charge < -0.3 is 5.32 Å². The average molecular weight is 246 g/mol. The molecule has 1 aliphatic carbocycles. The highest BCUT2D eigenvalue weighted by Gasteiger charge is 2.40. The van der Waals surface area contributed by atoms with Crippen LogP contribution >= 0.6 is 0 Å². The van der Waals surface area contributed by atoms with Crippen molar-refractivity contribution in [1.29, 1.82) is 0 Å². The number of likely N-dealkylation sites (N-methyl/N-ethyl adjacent to an activating group) is 1. The summed E-state index contributed by atoms with van der Waals surface area (Å²) in [5.41, 5.74) is 1.86. The van der Waals surface area contributed by atoms with E-state index in [1.807, 2.05) is 12.4 Å². The first-order valence-electron chi connectivity index (χ1n) is 7.13. The molecule has 1 N–H and O–H groups in total. The molecule has 0 aromatic carbocycles. The lowest BCUT2D eigenvalue weighted by Gasteiger charge is -2.37. The smallest absolute Gasteiger partial charge is 0.0270 e. The summed E-state index contributed by atoms with van der Waals surface area (Å²) in [5, 5.41) is 3.58. The number of hydrogen-bond donors (Lipinski definition) is 1. The molecule has 0 saturated heterocycles. The highest BCUT2D eigenvalue weighted by atomic mass is 14.9. The summed E-state index contributed by atoms with van der Waals surface area (Å²) in [6.07, 6.45) is 7.89. The molecule has 1 aliphatic rings. The maximum atomic E-state index is 4.12. The molecule has 1 aromatic heterocycles. The van der Waals surface area contributed by atoms with Crippen LogP contribution in [0.5, 0.6) is 0 Å². The Kier molecular flexibility index (Phi) is 4.06. The number of aromatic nitrogens is 1. The van der Waals surface area contributed by atoms with Crippen molar-refractivity contribution in [3.63, 3.8) is 0 Å². The molecule has 0 amide bonds. The fourth-order valence-corrected chi connectivity index (χ4v) is 3.69. The highest BCUT2D eigenvalue weighted by Crippen LogP contribution is 2.46. The van der Waals surface area contributed by atoms with Gasteiger partial charge in [0.25, 0.3) is 0 Å². The Bertz CT molecular complexity index is 372. The van der Waals surface area contributed by atoms with Crippen molar-refractivity contribution in [2.45, 2.75) is 52.0 Å². The van der Waals surface area contributed by atoms with Crippen LogP contribution in [0.2, 0.25) is 0 Å². The first kappa shape index (κ1) is 13.5. The van der Waals surface area contributed by atoms with Crippen LogP contribution in [0, 0.1) is 11.3 Å². The first-order valence-corrected chi connectivity index (χ1v) is 7.13. The Morgan fingerprint density at radius 1 is 1.33 bits per heavy atom. The molecule has 3 unspecified atom stereocenters. The molecule has 2 heteroatoms. The molecule has 2 nitrogen and oxygen atoms in total. The predicted molar refractivity (Wildman–Crippen MR) is 76.6 cm³/mol. The molecule has 100 valence electrons. The van der Waals surface area contributed by atoms with E-state index in [4.69, 9.17) is 0 Å². The normalized spacial score (nSPS) is 25.9. The number of hydrogen-bond acceptors (Lipinski definition) is 2. The van der Waals surface area contributed by atoms with Crippen molar-refractivity contribution < 1.29 is 0 Å². The van der Waals surface area contributed by atoms with Gasteiger partial charge in [0, 0.05) is 18.4 Å². The van der Waals surface area contributed by atoms with Crippen LogP contribution in [0.25, 0.3) is 0 Å². The third-order valence-electron chi connectivity index (χ3n) is 4.88. The molecule has 18 heavy (non-hydrogen) atoms. The zero-order valence-electron chi connectivity index (χ0n) is 12.1. The van der Waals surface area contributed by atoms with E-state index in [0.29, 0.717) is 17.4 Å². The molecular formula is C16H26N2. The van der Waals surface area contributed by atoms with Gasteiger partial charge in [0.1, 0.15) is 0 Å². The Balaban J connectivity index is 2.19. The molecule has 1 fully saturated rings. The lowest BCUT2D eigenvalue weighted by atomic mass is 9.73. The van der Waals surface area contributed by atoms with Crippen molar-refractivity contribution in [2.75, 3.05) is 7.05 Å². The van der Waals surface area contributed by atoms with Gasteiger partial charge in [-0.2, -0.15) is 0 Å². The van der Waals surface area contributed by atoms with E-state index < -0.39 is 0 Å². The summed E-state index contributed by atoms with van der Waals surface area (Å²) in [6, 6.07) is 4.86. The molecular weight excluding hydrogens is 220 g/mol. The van der Waals surface area contributed by atoms with Crippen molar-refractivity contribution in [3.8, 4) is 0 Å². The van der Waals surface area contributed by atoms with E-state index >= 15 is 0 Å². The third kappa shape index (κ3) is 2.59. The van der Waals surface area contributed by atoms with Gasteiger partial charge >= 0.3 is 0 Å². The summed E-state index contributed by atoms with van der Waals surface area (Å²) < 4.78 is 0. The van der Waals surface area contributed by atoms with E-state index in [1.54, 1.807) is 0 Å². The van der Waals surface area contributed by atoms with Gasteiger partial charge in [0.05, 0.1) is 0 Å². The van der Waals surface area contributed by atoms with E-state index in [-0.39, 0.29) is 0 Å². The van der Waals surface area contributed by atoms with Crippen molar-refractivity contribution in [1.82, 2.24) is 10.3 Å². The monoisotopic (exact) mass is 246 g/mol. The Hall–Kier alpha value is -0.890. The average Bonchev–Trinajstić information content (AvgIpc) is 2.71. The van der Waals surface area contributed by atoms with Crippen LogP contribution in [0.15, 0.2) is 24.5 Å². The maximum Gasteiger partial charge on any atom is 0.0270 e. The molecule has 1 heterocycles. The zero-order valence-corrected chi connectivity index (χ0v) is 12.1. The van der Waals surface area contributed by atoms with Crippen LogP contribution in [0.4, 0.5) is 0 Å². The molecule has 1 saturated carbocycles. The van der Waals surface area contributed by atoms with Crippen LogP contribution in [-0.2, 0) is 0 Å². The van der Waals surface area contributed by atoms with Gasteiger partial charge in [-0.25, -0.2) is 0 Å². The second kappa shape index (κ2) is 5.40. The van der Waals surface area contributed by atoms with E-state index in [9.17, 15) is 0 Å². The van der Waals surface area contributed by atoms with Crippen LogP contribution in [0.1, 0.15) is 51.5 Å². The molecule has 1 aromatic rings. The molecule has 0 bridgehead atoms. The summed E-state index contributed by atoms with van der Waals surface area (Å²) in [7, 11) is 2.11. The summed E-state index contributed by atoms with van der Waals surface area (Å²) in [5.74, 6) is 1.31. The lowest BCUT2D eigenvalue weighted by molar-refractivity contribution is 0.186. The number of pyridine rings is 1. The van der Waals surface area contributed by atoms with Gasteiger partial charge in [-0.3, -0.25) is 4.98 Å². The lowest BCUT2D eigenvalue weighted by Crippen LogP contribution is -2.42. The second-order valence-electron chi connectivity index (χ2n) is 6.37. The fourth-order valence-electron chi connectivity index (χ4n) is 3.69. The zero-order chi connectivity index (χ0) is 13.2. The van der Waals surface area contributed by atoms with Gasteiger partial charge in [-0.05, 0) is 54.8 Å². The van der Waals surface area contributed by atoms with Crippen molar-refractivity contribution in [2.24, 2.45) is 11.3 Å². The van der Waals surface area contributed by atoms with Gasteiger partial charge in [-0.15, -0.1) is 0 Å². The van der Waals surface area contributed by atoms with E-state index in [1.165, 1.54) is 24.8 Å². The molecule has 0 spiro atoms. The summed E-state index contributed by atoms with van der Waals surface area (Å²) >= 11 is 0. The maximum absolute atomic E-state index is 4.12. The first-order chi connectivity index (χ1) is 8.56. The molecule has 0 aliphatic heterocycles. The number of rotatable bonds is 4. The van der Waals surface area contributed by atoms with Gasteiger partial charge in [0.15, 0.2) is 0 Å². The summed E-state index contributed by atoms with van der Waals surface area (Å²) in [6.45, 7) is 7.19. The topological polar surface area (TPSA) is 24.9 Å². The fraction of sp³-hybridized carbons (Fsp3) is 0.688. The van der Waals surface area contributed by atoms with E-state index in [0.717, 1.165) is 5.92 Å². The highest BCUT2D eigenvalue weighted by molar-refractivity contribution is 5.18. The van der Waals surface area contributed by atoms with E-state index in [2.05, 4.69) is 50.3 Å². The minimum Gasteiger partial charge on any atom is -0.316 e. The largest absolute Gasteiger partial charge is 0.316 e. The predicted octanol–water partition coefficient (Wildman–Crippen LogP) is 3.60. The van der Waals surface area contributed by atoms with Crippen LogP contribution in [-0.4, -0.2) is 18.1 Å². The number of nitrogens with zero attached hydrogens (tertiary/aromatic N) is 1. The summed E-state index contributed by atoms with van der Waals surface area (Å²) in [4.78, 5) is 4.12. The van der Waals surface area contributed by atoms with Crippen molar-refractivity contribution in [3.05, 3.63) is 30.1 Å². The van der Waals surface area contributed by atoms with Gasteiger partial charge in [-0.1, -0.05) is 27.2 Å². The minimum atomic E-state index is 0.467. The number of nitrogens with one attached hydrogen (secondary N) is 1. The molecule has 2 rings (SSSR count). The Morgan fingerprint density at radius 3 is 2.50 bits per heavy atom. The second-order valence-corrected chi connectivity index (χ2v) is 6.37. The van der Waals surface area contributed by atoms with Gasteiger partial charge in [0.2, 0.25) is 0 Å². The Morgan fingerprint density at radius 2 is 2.00 bits per heavy atom. The van der Waals surface area contributed by atoms with Crippen molar-refractivity contribution >= 4 is 0 Å². The van der Waals surface area contributed by atoms with Crippen LogP contribution in [0.3, 0.4) is 0 Å². The minimum absolute atomic E-state index is 0.467.